The van der Waals surface area contributed by atoms with Crippen LogP contribution in [0.4, 0.5) is 14.0 Å². The van der Waals surface area contributed by atoms with Crippen LogP contribution in [0.15, 0.2) is 55.0 Å². The minimum absolute atomic E-state index is 0. The first-order valence-electron chi connectivity index (χ1n) is 25.5. The van der Waals surface area contributed by atoms with Crippen LogP contribution in [0.1, 0.15) is 127 Å². The maximum absolute atomic E-state index is 17.0. The summed E-state index contributed by atoms with van der Waals surface area (Å²) in [5.74, 6) is 0.371. The number of amides is 4. The molecule has 3 saturated heterocycles. The molecular weight excluding hydrogens is 1060 g/mol. The highest BCUT2D eigenvalue weighted by molar-refractivity contribution is 7.59. The Hall–Kier alpha value is -5.75. The summed E-state index contributed by atoms with van der Waals surface area (Å²) in [4.78, 5) is 78.8. The molecule has 77 heavy (non-hydrogen) atoms. The van der Waals surface area contributed by atoms with E-state index in [0.29, 0.717) is 85.3 Å². The number of benzene rings is 2. The number of nitrogens with zero attached hydrogens (tertiary/aromatic N) is 6. The highest BCUT2D eigenvalue weighted by atomic mass is 32.1. The standard InChI is InChI=1S/C54H65FN10O8S.3H2S/c1-28(2)43(61-51(68)70-8)47(66)63-17-10-12-37(63)46-57-26-35(60-46)31-21-33(55)42-39-22-32-20-29(14-15-36(32)65(39)49(73-40(42)23-31)41-27-58-50(74-41)53(3,4)5)34-25-56-45(59-34)38-13-11-18-64(38)48(67)44(62-52(69)71-9)30-16-19-72-54(6,7)24-30;;;/h14-15,20-23,25-28,30,37-38,43-44,49H,10-13,16-19,24H2,1-9H3,(H,56,59)(H,57,60)(H,61,68)(H,62,69);3*1H2/t30?,37-,38-,43-,44?,49?;;;/m0.../s1. The Morgan fingerprint density at radius 2 is 1.44 bits per heavy atom. The lowest BCUT2D eigenvalue weighted by Crippen LogP contribution is -2.54. The number of aromatic nitrogens is 6. The quantitative estimate of drug-likeness (QED) is 0.0959. The van der Waals surface area contributed by atoms with Crippen molar-refractivity contribution in [1.29, 1.82) is 0 Å². The smallest absolute Gasteiger partial charge is 0.407 e. The summed E-state index contributed by atoms with van der Waals surface area (Å²) in [7, 11) is 2.56. The molecule has 0 radical (unpaired) electrons. The average molecular weight is 1140 g/mol. The number of carbonyl (C=O) groups excluding carboxylic acids is 4. The molecule has 4 N–H and O–H groups in total. The highest BCUT2D eigenvalue weighted by Crippen LogP contribution is 2.49. The average Bonchev–Trinajstić information content (AvgIpc) is 4.23. The molecule has 6 aromatic rings. The van der Waals surface area contributed by atoms with E-state index >= 15 is 4.39 Å². The van der Waals surface area contributed by atoms with Gasteiger partial charge in [0.2, 0.25) is 18.0 Å². The topological polar surface area (TPSA) is 211 Å². The Morgan fingerprint density at radius 1 is 0.818 bits per heavy atom. The van der Waals surface area contributed by atoms with Gasteiger partial charge in [-0.25, -0.2) is 28.9 Å². The zero-order valence-electron chi connectivity index (χ0n) is 44.8. The Balaban J connectivity index is 0.00000287. The number of alkyl carbamates (subject to hydrolysis) is 2. The normalized spacial score (nSPS) is 20.4. The van der Waals surface area contributed by atoms with E-state index in [1.54, 1.807) is 28.6 Å². The molecule has 3 fully saturated rings. The Morgan fingerprint density at radius 3 is 2.04 bits per heavy atom. The van der Waals surface area contributed by atoms with Crippen molar-refractivity contribution < 1.29 is 42.5 Å². The lowest BCUT2D eigenvalue weighted by molar-refractivity contribution is -0.139. The molecule has 0 spiro atoms. The molecule has 416 valence electrons. The molecule has 18 nitrogen and oxygen atoms in total. The number of carbonyl (C=O) groups is 4. The number of likely N-dealkylation sites (tertiary alicyclic amines) is 2. The third-order valence-corrected chi connectivity index (χ3v) is 16.3. The molecule has 23 heteroatoms. The molecular formula is C54H71FN10O8S4. The van der Waals surface area contributed by atoms with Crippen LogP contribution in [0.5, 0.6) is 5.75 Å². The van der Waals surface area contributed by atoms with Crippen LogP contribution in [0.2, 0.25) is 0 Å². The molecule has 0 aliphatic carbocycles. The first kappa shape index (κ1) is 58.9. The van der Waals surface area contributed by atoms with Crippen molar-refractivity contribution in [3.05, 3.63) is 82.3 Å². The van der Waals surface area contributed by atoms with E-state index in [0.717, 1.165) is 44.9 Å². The minimum atomic E-state index is -0.781. The fraction of sp³-hybridized carbons (Fsp3) is 0.500. The number of H-pyrrole nitrogens is 2. The highest BCUT2D eigenvalue weighted by Gasteiger charge is 2.44. The number of imidazole rings is 2. The summed E-state index contributed by atoms with van der Waals surface area (Å²) in [6, 6.07) is 9.09. The number of hydrogen-bond acceptors (Lipinski definition) is 12. The maximum Gasteiger partial charge on any atom is 0.407 e. The molecule has 10 rings (SSSR count). The van der Waals surface area contributed by atoms with Crippen LogP contribution < -0.4 is 15.4 Å². The molecule has 8 heterocycles. The molecule has 2 aromatic carbocycles. The van der Waals surface area contributed by atoms with Gasteiger partial charge in [-0.15, -0.1) is 11.3 Å². The maximum atomic E-state index is 17.0. The Labute approximate surface area is 472 Å². The van der Waals surface area contributed by atoms with E-state index in [1.807, 2.05) is 73.7 Å². The van der Waals surface area contributed by atoms with Crippen molar-refractivity contribution in [2.75, 3.05) is 33.9 Å². The molecule has 4 aliphatic rings. The molecule has 3 unspecified atom stereocenters. The van der Waals surface area contributed by atoms with Crippen molar-refractivity contribution in [3.8, 4) is 39.5 Å². The van der Waals surface area contributed by atoms with E-state index in [-0.39, 0.29) is 81.6 Å². The summed E-state index contributed by atoms with van der Waals surface area (Å²) in [5, 5.41) is 7.33. The van der Waals surface area contributed by atoms with Gasteiger partial charge < -0.3 is 49.3 Å². The summed E-state index contributed by atoms with van der Waals surface area (Å²) < 4.78 is 41.7. The molecule has 4 amide bonds. The number of nitrogens with one attached hydrogen (secondary N) is 4. The fourth-order valence-electron chi connectivity index (χ4n) is 11.2. The largest absolute Gasteiger partial charge is 0.464 e. The van der Waals surface area contributed by atoms with Crippen LogP contribution in [-0.2, 0) is 29.2 Å². The van der Waals surface area contributed by atoms with Crippen LogP contribution in [0, 0.1) is 17.7 Å². The van der Waals surface area contributed by atoms with E-state index in [1.165, 1.54) is 20.3 Å². The van der Waals surface area contributed by atoms with Gasteiger partial charge in [0.15, 0.2) is 0 Å². The van der Waals surface area contributed by atoms with Crippen LogP contribution in [0.3, 0.4) is 0 Å². The zero-order valence-corrected chi connectivity index (χ0v) is 48.7. The number of methoxy groups -OCH3 is 2. The number of fused-ring (bicyclic) bond motifs is 5. The predicted octanol–water partition coefficient (Wildman–Crippen LogP) is 9.90. The first-order valence-corrected chi connectivity index (χ1v) is 26.3. The minimum Gasteiger partial charge on any atom is -0.464 e. The number of rotatable bonds is 11. The van der Waals surface area contributed by atoms with Gasteiger partial charge in [-0.3, -0.25) is 14.2 Å². The number of hydrogen-bond donors (Lipinski definition) is 4. The second-order valence-corrected chi connectivity index (χ2v) is 22.9. The summed E-state index contributed by atoms with van der Waals surface area (Å²) in [6.07, 6.45) is 7.40. The van der Waals surface area contributed by atoms with E-state index in [9.17, 15) is 19.2 Å². The van der Waals surface area contributed by atoms with E-state index in [2.05, 4.69) is 41.4 Å². The molecule has 6 atom stereocenters. The van der Waals surface area contributed by atoms with Gasteiger partial charge in [0, 0.05) is 47.8 Å². The fourth-order valence-corrected chi connectivity index (χ4v) is 12.2. The van der Waals surface area contributed by atoms with Gasteiger partial charge in [0.05, 0.1) is 82.3 Å². The van der Waals surface area contributed by atoms with Crippen LogP contribution >= 0.6 is 51.8 Å². The van der Waals surface area contributed by atoms with Crippen molar-refractivity contribution in [2.24, 2.45) is 11.8 Å². The van der Waals surface area contributed by atoms with Gasteiger partial charge in [0.25, 0.3) is 0 Å². The summed E-state index contributed by atoms with van der Waals surface area (Å²) in [5.41, 5.74) is 3.81. The van der Waals surface area contributed by atoms with Crippen LogP contribution in [-0.4, -0.2) is 115 Å². The number of thiazole rings is 1. The molecule has 4 aromatic heterocycles. The third-order valence-electron chi connectivity index (χ3n) is 14.9. The lowest BCUT2D eigenvalue weighted by Gasteiger charge is -2.40. The summed E-state index contributed by atoms with van der Waals surface area (Å²) in [6.45, 7) is 15.6. The first-order chi connectivity index (χ1) is 35.3. The molecule has 4 aliphatic heterocycles. The third kappa shape index (κ3) is 11.6. The predicted molar refractivity (Wildman–Crippen MR) is 307 cm³/mol. The number of halogens is 1. The summed E-state index contributed by atoms with van der Waals surface area (Å²) >= 11 is 1.56. The SMILES string of the molecule is COC(=O)NC(C(=O)N1CCC[C@H]1c1ncc(-c2ccc3c(c2)cc2n3C(c3cnc(C(C)(C)C)s3)Oc3cc(-c4cnc([C@@H]5CCCN5C(=O)[C@@H](NC(=O)OC)C(C)C)[nH]4)cc(F)c3-2)[nH]1)C1CCOC(C)(C)C1.S.S.S. The van der Waals surface area contributed by atoms with Crippen molar-refractivity contribution in [3.63, 3.8) is 0 Å². The van der Waals surface area contributed by atoms with Gasteiger partial charge in [-0.2, -0.15) is 40.5 Å². The Kier molecular flexibility index (Phi) is 17.8. The van der Waals surface area contributed by atoms with Gasteiger partial charge in [-0.1, -0.05) is 40.7 Å². The molecule has 0 saturated carbocycles. The molecule has 0 bridgehead atoms. The monoisotopic (exact) mass is 1130 g/mol. The lowest BCUT2D eigenvalue weighted by atomic mass is 9.82. The number of ether oxygens (including phenoxy) is 4. The van der Waals surface area contributed by atoms with E-state index in [4.69, 9.17) is 33.9 Å². The van der Waals surface area contributed by atoms with Crippen LogP contribution in [0.25, 0.3) is 44.7 Å². The second-order valence-electron chi connectivity index (χ2n) is 21.9. The van der Waals surface area contributed by atoms with Crippen molar-refractivity contribution in [2.45, 2.75) is 128 Å². The van der Waals surface area contributed by atoms with Gasteiger partial charge in [0.1, 0.15) is 35.3 Å². The Bertz CT molecular complexity index is 3130. The van der Waals surface area contributed by atoms with Crippen molar-refractivity contribution >= 4 is 86.7 Å². The van der Waals surface area contributed by atoms with E-state index < -0.39 is 41.9 Å². The van der Waals surface area contributed by atoms with Gasteiger partial charge >= 0.3 is 12.2 Å². The number of aromatic amines is 2. The van der Waals surface area contributed by atoms with Crippen molar-refractivity contribution in [1.82, 2.24) is 49.9 Å². The zero-order chi connectivity index (χ0) is 52.4. The second kappa shape index (κ2) is 23.3. The van der Waals surface area contributed by atoms with Gasteiger partial charge in [-0.05, 0) is 94.5 Å².